The molecular weight excluding hydrogens is 254 g/mol. The second-order valence-electron chi connectivity index (χ2n) is 5.70. The van der Waals surface area contributed by atoms with Gasteiger partial charge in [-0.1, -0.05) is 6.07 Å². The fourth-order valence-electron chi connectivity index (χ4n) is 2.82. The minimum Gasteiger partial charge on any atom is -0.390 e. The van der Waals surface area contributed by atoms with Crippen molar-refractivity contribution in [1.29, 1.82) is 0 Å². The van der Waals surface area contributed by atoms with Gasteiger partial charge in [0.15, 0.2) is 12.1 Å². The monoisotopic (exact) mass is 273 g/mol. The number of aromatic nitrogens is 2. The van der Waals surface area contributed by atoms with Gasteiger partial charge in [-0.05, 0) is 38.3 Å². The summed E-state index contributed by atoms with van der Waals surface area (Å²) in [6.45, 7) is 3.42. The molecular formula is C15H19N3O2. The molecule has 1 fully saturated rings. The van der Waals surface area contributed by atoms with E-state index in [9.17, 15) is 9.90 Å². The summed E-state index contributed by atoms with van der Waals surface area (Å²) in [6.07, 6.45) is 5.09. The molecule has 0 aliphatic carbocycles. The molecule has 2 aromatic heterocycles. The summed E-state index contributed by atoms with van der Waals surface area (Å²) in [5, 5.41) is 10.2. The van der Waals surface area contributed by atoms with Crippen molar-refractivity contribution in [2.75, 3.05) is 18.0 Å². The fraction of sp³-hybridized carbons (Fsp3) is 0.467. The van der Waals surface area contributed by atoms with Gasteiger partial charge in [0, 0.05) is 19.3 Å². The van der Waals surface area contributed by atoms with E-state index in [1.165, 1.54) is 0 Å². The minimum absolute atomic E-state index is 0.585. The number of imidazole rings is 1. The Morgan fingerprint density at radius 1 is 1.35 bits per heavy atom. The van der Waals surface area contributed by atoms with E-state index in [-0.39, 0.29) is 0 Å². The molecule has 1 unspecified atom stereocenters. The molecule has 0 amide bonds. The van der Waals surface area contributed by atoms with Crippen molar-refractivity contribution in [1.82, 2.24) is 9.38 Å². The van der Waals surface area contributed by atoms with E-state index in [1.807, 2.05) is 35.7 Å². The molecule has 3 heterocycles. The highest BCUT2D eigenvalue weighted by molar-refractivity contribution is 5.83. The van der Waals surface area contributed by atoms with E-state index in [2.05, 4.69) is 9.88 Å². The Labute approximate surface area is 117 Å². The molecule has 106 valence electrons. The minimum atomic E-state index is -0.616. The molecule has 0 saturated carbocycles. The van der Waals surface area contributed by atoms with Crippen molar-refractivity contribution >= 4 is 17.8 Å². The van der Waals surface area contributed by atoms with Crippen LogP contribution in [0.4, 0.5) is 5.82 Å². The van der Waals surface area contributed by atoms with Crippen molar-refractivity contribution < 1.29 is 9.90 Å². The van der Waals surface area contributed by atoms with Crippen LogP contribution in [0.3, 0.4) is 0 Å². The summed E-state index contributed by atoms with van der Waals surface area (Å²) in [5.41, 5.74) is 0.748. The lowest BCUT2D eigenvalue weighted by atomic mass is 9.98. The average molecular weight is 273 g/mol. The van der Waals surface area contributed by atoms with Gasteiger partial charge in [0.2, 0.25) is 0 Å². The Bertz CT molecular complexity index is 633. The summed E-state index contributed by atoms with van der Waals surface area (Å²) in [5.74, 6) is 0.726. The molecule has 0 bridgehead atoms. The Hall–Kier alpha value is -1.88. The van der Waals surface area contributed by atoms with Crippen LogP contribution in [0.15, 0.2) is 24.4 Å². The number of anilines is 1. The first-order valence-electron chi connectivity index (χ1n) is 7.00. The van der Waals surface area contributed by atoms with Gasteiger partial charge in [-0.2, -0.15) is 0 Å². The summed E-state index contributed by atoms with van der Waals surface area (Å²) >= 11 is 0. The van der Waals surface area contributed by atoms with Gasteiger partial charge in [-0.15, -0.1) is 0 Å². The maximum Gasteiger partial charge on any atom is 0.170 e. The number of pyridine rings is 1. The second kappa shape index (κ2) is 4.90. The largest absolute Gasteiger partial charge is 0.390 e. The van der Waals surface area contributed by atoms with Crippen molar-refractivity contribution in [3.05, 3.63) is 30.1 Å². The van der Waals surface area contributed by atoms with E-state index in [1.54, 1.807) is 0 Å². The lowest BCUT2D eigenvalue weighted by Gasteiger charge is -2.22. The van der Waals surface area contributed by atoms with Crippen molar-refractivity contribution in [2.45, 2.75) is 31.8 Å². The predicted molar refractivity (Wildman–Crippen MR) is 77.3 cm³/mol. The number of aldehydes is 1. The second-order valence-corrected chi connectivity index (χ2v) is 5.70. The molecule has 3 rings (SSSR count). The van der Waals surface area contributed by atoms with Gasteiger partial charge < -0.3 is 10.0 Å². The van der Waals surface area contributed by atoms with Crippen LogP contribution in [-0.2, 0) is 0 Å². The fourth-order valence-corrected chi connectivity index (χ4v) is 2.82. The molecule has 20 heavy (non-hydrogen) atoms. The summed E-state index contributed by atoms with van der Waals surface area (Å²) in [4.78, 5) is 18.1. The van der Waals surface area contributed by atoms with Crippen molar-refractivity contribution in [3.63, 3.8) is 0 Å². The number of aliphatic hydroxyl groups is 1. The summed E-state index contributed by atoms with van der Waals surface area (Å²) < 4.78 is 1.81. The zero-order chi connectivity index (χ0) is 14.2. The number of fused-ring (bicyclic) bond motifs is 1. The van der Waals surface area contributed by atoms with Crippen molar-refractivity contribution in [2.24, 2.45) is 0 Å². The molecule has 5 heteroatoms. The first kappa shape index (κ1) is 13.1. The Morgan fingerprint density at radius 2 is 2.20 bits per heavy atom. The van der Waals surface area contributed by atoms with Crippen LogP contribution >= 0.6 is 0 Å². The number of rotatable bonds is 2. The number of nitrogens with zero attached hydrogens (tertiary/aromatic N) is 3. The van der Waals surface area contributed by atoms with Crippen LogP contribution in [0.5, 0.6) is 0 Å². The van der Waals surface area contributed by atoms with Gasteiger partial charge in [0.25, 0.3) is 0 Å². The van der Waals surface area contributed by atoms with E-state index in [0.29, 0.717) is 12.1 Å². The van der Waals surface area contributed by atoms with Crippen LogP contribution in [0.2, 0.25) is 0 Å². The number of carbonyl (C=O) groups is 1. The molecule has 1 atom stereocenters. The maximum absolute atomic E-state index is 11.4. The normalized spacial score (nSPS) is 23.8. The lowest BCUT2D eigenvalue weighted by molar-refractivity contribution is 0.0481. The van der Waals surface area contributed by atoms with Gasteiger partial charge in [-0.3, -0.25) is 9.20 Å². The molecule has 1 aliphatic heterocycles. The third kappa shape index (κ3) is 2.29. The Morgan fingerprint density at radius 3 is 3.00 bits per heavy atom. The molecule has 1 aliphatic rings. The highest BCUT2D eigenvalue weighted by atomic mass is 16.3. The Balaban J connectivity index is 1.99. The van der Waals surface area contributed by atoms with Gasteiger partial charge in [-0.25, -0.2) is 4.98 Å². The summed E-state index contributed by atoms with van der Waals surface area (Å²) in [6, 6.07) is 5.69. The van der Waals surface area contributed by atoms with Gasteiger partial charge in [0.05, 0.1) is 5.60 Å². The predicted octanol–water partition coefficient (Wildman–Crippen LogP) is 1.89. The SMILES string of the molecule is CC1(O)CCCN(c2nc3ccccn3c2C=O)CC1. The van der Waals surface area contributed by atoms with Crippen LogP contribution in [0, 0.1) is 0 Å². The standard InChI is InChI=1S/C15H19N3O2/c1-15(20)6-4-8-17(10-7-15)14-12(11-19)18-9-3-2-5-13(18)16-14/h2-3,5,9,11,20H,4,6-8,10H2,1H3. The van der Waals surface area contributed by atoms with E-state index >= 15 is 0 Å². The molecule has 0 aromatic carbocycles. The molecule has 1 N–H and O–H groups in total. The Kier molecular flexibility index (Phi) is 3.22. The molecule has 2 aromatic rings. The number of hydrogen-bond donors (Lipinski definition) is 1. The lowest BCUT2D eigenvalue weighted by Crippen LogP contribution is -2.29. The molecule has 0 spiro atoms. The molecule has 5 nitrogen and oxygen atoms in total. The molecule has 1 saturated heterocycles. The quantitative estimate of drug-likeness (QED) is 0.849. The van der Waals surface area contributed by atoms with Gasteiger partial charge in [0.1, 0.15) is 11.3 Å². The highest BCUT2D eigenvalue weighted by Gasteiger charge is 2.27. The van der Waals surface area contributed by atoms with Crippen LogP contribution in [-0.4, -0.2) is 39.5 Å². The zero-order valence-electron chi connectivity index (χ0n) is 11.6. The van der Waals surface area contributed by atoms with Gasteiger partial charge >= 0.3 is 0 Å². The number of hydrogen-bond acceptors (Lipinski definition) is 4. The maximum atomic E-state index is 11.4. The van der Waals surface area contributed by atoms with E-state index in [0.717, 1.165) is 43.7 Å². The summed E-state index contributed by atoms with van der Waals surface area (Å²) in [7, 11) is 0. The number of carbonyl (C=O) groups excluding carboxylic acids is 1. The smallest absolute Gasteiger partial charge is 0.170 e. The van der Waals surface area contributed by atoms with Crippen LogP contribution in [0.1, 0.15) is 36.7 Å². The third-order valence-corrected chi connectivity index (χ3v) is 4.02. The van der Waals surface area contributed by atoms with E-state index in [4.69, 9.17) is 0 Å². The zero-order valence-corrected chi connectivity index (χ0v) is 11.6. The van der Waals surface area contributed by atoms with Crippen LogP contribution in [0.25, 0.3) is 5.65 Å². The highest BCUT2D eigenvalue weighted by Crippen LogP contribution is 2.27. The first-order valence-corrected chi connectivity index (χ1v) is 7.00. The molecule has 0 radical (unpaired) electrons. The third-order valence-electron chi connectivity index (χ3n) is 4.02. The topological polar surface area (TPSA) is 57.8 Å². The first-order chi connectivity index (χ1) is 9.61. The van der Waals surface area contributed by atoms with Crippen molar-refractivity contribution in [3.8, 4) is 0 Å². The van der Waals surface area contributed by atoms with E-state index < -0.39 is 5.60 Å². The average Bonchev–Trinajstić information content (AvgIpc) is 2.70. The van der Waals surface area contributed by atoms with Crippen LogP contribution < -0.4 is 4.90 Å².